The van der Waals surface area contributed by atoms with Gasteiger partial charge in [-0.2, -0.15) is 5.10 Å². The first-order valence-electron chi connectivity index (χ1n) is 3.71. The molecule has 3 nitrogen and oxygen atoms in total. The fraction of sp³-hybridized carbons (Fsp3) is 0.375. The molecule has 12 heavy (non-hydrogen) atoms. The third kappa shape index (κ3) is 2.27. The highest BCUT2D eigenvalue weighted by molar-refractivity contribution is 6.32. The van der Waals surface area contributed by atoms with Gasteiger partial charge in [0.15, 0.2) is 5.82 Å². The highest BCUT2D eigenvalue weighted by atomic mass is 35.5. The van der Waals surface area contributed by atoms with Crippen molar-refractivity contribution in [1.82, 2.24) is 9.78 Å². The van der Waals surface area contributed by atoms with E-state index in [0.29, 0.717) is 10.8 Å². The van der Waals surface area contributed by atoms with E-state index in [1.54, 1.807) is 10.9 Å². The molecule has 0 amide bonds. The Balaban J connectivity index is 2.71. The molecule has 1 aromatic heterocycles. The van der Waals surface area contributed by atoms with Gasteiger partial charge in [-0.05, 0) is 13.8 Å². The molecule has 0 fully saturated rings. The molecule has 2 N–H and O–H groups in total. The second kappa shape index (κ2) is 3.63. The van der Waals surface area contributed by atoms with Gasteiger partial charge in [0.05, 0.1) is 6.54 Å². The Kier molecular flexibility index (Phi) is 2.76. The number of nitrogens with two attached hydrogens (primary N) is 1. The van der Waals surface area contributed by atoms with E-state index in [9.17, 15) is 0 Å². The van der Waals surface area contributed by atoms with Crippen LogP contribution in [0.4, 0.5) is 5.82 Å². The SMILES string of the molecule is CC(C)=CCn1cc(Cl)c(N)n1. The van der Waals surface area contributed by atoms with Crippen LogP contribution in [0.15, 0.2) is 17.8 Å². The number of nitrogens with zero attached hydrogens (tertiary/aromatic N) is 2. The van der Waals surface area contributed by atoms with Crippen molar-refractivity contribution in [2.75, 3.05) is 5.73 Å². The van der Waals surface area contributed by atoms with Crippen molar-refractivity contribution in [2.24, 2.45) is 0 Å². The van der Waals surface area contributed by atoms with Crippen LogP contribution in [0.3, 0.4) is 0 Å². The topological polar surface area (TPSA) is 43.8 Å². The summed E-state index contributed by atoms with van der Waals surface area (Å²) in [7, 11) is 0. The maximum absolute atomic E-state index is 5.72. The standard InChI is InChI=1S/C8H12ClN3/c1-6(2)3-4-12-5-7(9)8(10)11-12/h3,5H,4H2,1-2H3,(H2,10,11). The highest BCUT2D eigenvalue weighted by Gasteiger charge is 1.99. The third-order valence-corrected chi connectivity index (χ3v) is 1.72. The van der Waals surface area contributed by atoms with Crippen LogP contribution in [-0.2, 0) is 6.54 Å². The zero-order chi connectivity index (χ0) is 9.14. The Labute approximate surface area is 76.8 Å². The largest absolute Gasteiger partial charge is 0.381 e. The number of aromatic nitrogens is 2. The minimum absolute atomic E-state index is 0.388. The van der Waals surface area contributed by atoms with Gasteiger partial charge >= 0.3 is 0 Å². The normalized spacial score (nSPS) is 9.92. The maximum atomic E-state index is 5.72. The maximum Gasteiger partial charge on any atom is 0.164 e. The monoisotopic (exact) mass is 185 g/mol. The summed E-state index contributed by atoms with van der Waals surface area (Å²) in [6.07, 6.45) is 3.78. The molecule has 0 aliphatic rings. The van der Waals surface area contributed by atoms with E-state index in [4.69, 9.17) is 17.3 Å². The van der Waals surface area contributed by atoms with Crippen molar-refractivity contribution in [2.45, 2.75) is 20.4 Å². The molecule has 0 unspecified atom stereocenters. The van der Waals surface area contributed by atoms with Crippen molar-refractivity contribution in [3.05, 3.63) is 22.9 Å². The number of nitrogen functional groups attached to an aromatic ring is 1. The molecule has 0 aromatic carbocycles. The molecule has 4 heteroatoms. The molecule has 1 heterocycles. The number of halogens is 1. The first-order valence-corrected chi connectivity index (χ1v) is 4.09. The second-order valence-electron chi connectivity index (χ2n) is 2.87. The molecule has 0 aliphatic heterocycles. The summed E-state index contributed by atoms with van der Waals surface area (Å²) in [4.78, 5) is 0. The molecule has 1 aromatic rings. The number of anilines is 1. The minimum Gasteiger partial charge on any atom is -0.381 e. The quantitative estimate of drug-likeness (QED) is 0.718. The fourth-order valence-electron chi connectivity index (χ4n) is 0.782. The molecular formula is C8H12ClN3. The van der Waals surface area contributed by atoms with Crippen LogP contribution in [0, 0.1) is 0 Å². The summed E-state index contributed by atoms with van der Waals surface area (Å²) in [5.74, 6) is 0.388. The molecule has 0 saturated heterocycles. The summed E-state index contributed by atoms with van der Waals surface area (Å²) < 4.78 is 1.71. The summed E-state index contributed by atoms with van der Waals surface area (Å²) >= 11 is 5.72. The molecule has 0 bridgehead atoms. The van der Waals surface area contributed by atoms with Gasteiger partial charge in [0.1, 0.15) is 5.02 Å². The Morgan fingerprint density at radius 3 is 2.83 bits per heavy atom. The smallest absolute Gasteiger partial charge is 0.164 e. The Morgan fingerprint density at radius 2 is 2.42 bits per heavy atom. The molecule has 1 rings (SSSR count). The Hall–Kier alpha value is -0.960. The molecule has 0 saturated carbocycles. The fourth-order valence-corrected chi connectivity index (χ4v) is 0.932. The van der Waals surface area contributed by atoms with Crippen LogP contribution in [0.25, 0.3) is 0 Å². The van der Waals surface area contributed by atoms with Crippen LogP contribution in [0.1, 0.15) is 13.8 Å². The van der Waals surface area contributed by atoms with Crippen molar-refractivity contribution >= 4 is 17.4 Å². The summed E-state index contributed by atoms with van der Waals surface area (Å²) in [5.41, 5.74) is 6.71. The lowest BCUT2D eigenvalue weighted by Crippen LogP contribution is -1.97. The first-order chi connectivity index (χ1) is 5.59. The molecular weight excluding hydrogens is 174 g/mol. The third-order valence-electron chi connectivity index (χ3n) is 1.43. The second-order valence-corrected chi connectivity index (χ2v) is 3.27. The van der Waals surface area contributed by atoms with E-state index in [2.05, 4.69) is 11.2 Å². The van der Waals surface area contributed by atoms with Crippen molar-refractivity contribution in [1.29, 1.82) is 0 Å². The molecule has 0 spiro atoms. The van der Waals surface area contributed by atoms with E-state index < -0.39 is 0 Å². The van der Waals surface area contributed by atoms with Crippen LogP contribution in [-0.4, -0.2) is 9.78 Å². The van der Waals surface area contributed by atoms with Gasteiger partial charge in [0, 0.05) is 6.20 Å². The van der Waals surface area contributed by atoms with Crippen molar-refractivity contribution < 1.29 is 0 Å². The number of rotatable bonds is 2. The number of allylic oxidation sites excluding steroid dienone is 2. The summed E-state index contributed by atoms with van der Waals surface area (Å²) in [6.45, 7) is 4.79. The minimum atomic E-state index is 0.388. The molecule has 66 valence electrons. The van der Waals surface area contributed by atoms with Gasteiger partial charge in [-0.1, -0.05) is 23.3 Å². The van der Waals surface area contributed by atoms with Gasteiger partial charge < -0.3 is 5.73 Å². The predicted molar refractivity (Wildman–Crippen MR) is 51.1 cm³/mol. The lowest BCUT2D eigenvalue weighted by molar-refractivity contribution is 0.702. The molecule has 0 aliphatic carbocycles. The van der Waals surface area contributed by atoms with E-state index >= 15 is 0 Å². The van der Waals surface area contributed by atoms with Gasteiger partial charge in [-0.3, -0.25) is 4.68 Å². The van der Waals surface area contributed by atoms with E-state index in [0.717, 1.165) is 6.54 Å². The van der Waals surface area contributed by atoms with Gasteiger partial charge in [0.25, 0.3) is 0 Å². The van der Waals surface area contributed by atoms with Crippen molar-refractivity contribution in [3.63, 3.8) is 0 Å². The Morgan fingerprint density at radius 1 is 1.75 bits per heavy atom. The van der Waals surface area contributed by atoms with Crippen LogP contribution < -0.4 is 5.73 Å². The summed E-state index contributed by atoms with van der Waals surface area (Å²) in [5, 5.41) is 4.51. The van der Waals surface area contributed by atoms with Crippen LogP contribution in [0.5, 0.6) is 0 Å². The number of hydrogen-bond acceptors (Lipinski definition) is 2. The van der Waals surface area contributed by atoms with Crippen molar-refractivity contribution in [3.8, 4) is 0 Å². The molecule has 0 radical (unpaired) electrons. The van der Waals surface area contributed by atoms with Gasteiger partial charge in [0.2, 0.25) is 0 Å². The first kappa shape index (κ1) is 9.13. The van der Waals surface area contributed by atoms with E-state index in [1.807, 2.05) is 13.8 Å². The predicted octanol–water partition coefficient (Wildman–Crippen LogP) is 2.08. The average molecular weight is 186 g/mol. The van der Waals surface area contributed by atoms with E-state index in [1.165, 1.54) is 5.57 Å². The van der Waals surface area contributed by atoms with E-state index in [-0.39, 0.29) is 0 Å². The highest BCUT2D eigenvalue weighted by Crippen LogP contribution is 2.14. The molecule has 0 atom stereocenters. The van der Waals surface area contributed by atoms with Gasteiger partial charge in [-0.15, -0.1) is 0 Å². The number of hydrogen-bond donors (Lipinski definition) is 1. The zero-order valence-corrected chi connectivity index (χ0v) is 7.97. The lowest BCUT2D eigenvalue weighted by Gasteiger charge is -1.94. The van der Waals surface area contributed by atoms with Crippen LogP contribution >= 0.6 is 11.6 Å². The van der Waals surface area contributed by atoms with Crippen LogP contribution in [0.2, 0.25) is 5.02 Å². The zero-order valence-electron chi connectivity index (χ0n) is 7.21. The van der Waals surface area contributed by atoms with Gasteiger partial charge in [-0.25, -0.2) is 0 Å². The summed E-state index contributed by atoms with van der Waals surface area (Å²) in [6, 6.07) is 0. The lowest BCUT2D eigenvalue weighted by atomic mass is 10.3. The Bertz CT molecular complexity index is 278. The average Bonchev–Trinajstić information content (AvgIpc) is 2.28.